The molecule has 1 N–H and O–H groups in total. The van der Waals surface area contributed by atoms with Gasteiger partial charge < -0.3 is 9.38 Å². The number of nitrogens with zero attached hydrogens (tertiary/aromatic N) is 3. The second-order valence-corrected chi connectivity index (χ2v) is 5.29. The molecule has 0 unspecified atom stereocenters. The van der Waals surface area contributed by atoms with Gasteiger partial charge in [0.05, 0.1) is 11.4 Å². The number of rotatable bonds is 2. The number of halogens is 2. The van der Waals surface area contributed by atoms with Gasteiger partial charge >= 0.3 is 0 Å². The summed E-state index contributed by atoms with van der Waals surface area (Å²) in [6.45, 7) is 1.82. The van der Waals surface area contributed by atoms with E-state index in [1.54, 1.807) is 6.20 Å². The van der Waals surface area contributed by atoms with Crippen molar-refractivity contribution in [3.63, 3.8) is 0 Å². The summed E-state index contributed by atoms with van der Waals surface area (Å²) in [5, 5.41) is 0. The van der Waals surface area contributed by atoms with Crippen molar-refractivity contribution in [1.82, 2.24) is 19.4 Å². The van der Waals surface area contributed by atoms with Crippen LogP contribution in [0.2, 0.25) is 0 Å². The minimum absolute atomic E-state index is 0.547. The minimum atomic E-state index is -0.884. The number of aromatic nitrogens is 4. The van der Waals surface area contributed by atoms with Crippen molar-refractivity contribution in [2.24, 2.45) is 0 Å². The summed E-state index contributed by atoms with van der Waals surface area (Å²) in [6, 6.07) is 7.60. The maximum atomic E-state index is 13.6. The van der Waals surface area contributed by atoms with Gasteiger partial charge in [-0.2, -0.15) is 0 Å². The molecule has 0 bridgehead atoms. The molecule has 4 nitrogen and oxygen atoms in total. The Kier molecular flexibility index (Phi) is 2.97. The number of nitrogens with one attached hydrogen (secondary N) is 1. The molecule has 1 aromatic carbocycles. The number of H-pyrrole nitrogens is 1. The third-order valence-corrected chi connectivity index (χ3v) is 3.69. The molecule has 0 atom stereocenters. The highest BCUT2D eigenvalue weighted by Crippen LogP contribution is 2.31. The van der Waals surface area contributed by atoms with Crippen LogP contribution in [0.15, 0.2) is 48.9 Å². The molecule has 0 fully saturated rings. The molecule has 0 amide bonds. The van der Waals surface area contributed by atoms with Crippen molar-refractivity contribution in [3.8, 4) is 22.5 Å². The first-order valence-corrected chi connectivity index (χ1v) is 7.07. The Morgan fingerprint density at radius 1 is 1.04 bits per heavy atom. The van der Waals surface area contributed by atoms with E-state index in [2.05, 4.69) is 15.0 Å². The van der Waals surface area contributed by atoms with Crippen molar-refractivity contribution in [3.05, 3.63) is 66.4 Å². The highest BCUT2D eigenvalue weighted by Gasteiger charge is 2.15. The lowest BCUT2D eigenvalue weighted by Gasteiger charge is -2.05. The summed E-state index contributed by atoms with van der Waals surface area (Å²) < 4.78 is 28.6. The van der Waals surface area contributed by atoms with E-state index in [9.17, 15) is 8.78 Å². The Morgan fingerprint density at radius 3 is 2.70 bits per heavy atom. The molecule has 3 heterocycles. The van der Waals surface area contributed by atoms with Crippen LogP contribution in [0.4, 0.5) is 8.78 Å². The summed E-state index contributed by atoms with van der Waals surface area (Å²) in [5.74, 6) is -1.05. The van der Waals surface area contributed by atoms with E-state index in [1.165, 1.54) is 12.1 Å². The summed E-state index contributed by atoms with van der Waals surface area (Å²) in [7, 11) is 0. The Morgan fingerprint density at radius 2 is 1.87 bits per heavy atom. The van der Waals surface area contributed by atoms with Crippen molar-refractivity contribution in [2.75, 3.05) is 0 Å². The lowest BCUT2D eigenvalue weighted by molar-refractivity contribution is 0.509. The van der Waals surface area contributed by atoms with Crippen LogP contribution >= 0.6 is 0 Å². The van der Waals surface area contributed by atoms with Gasteiger partial charge in [0.15, 0.2) is 11.6 Å². The van der Waals surface area contributed by atoms with Gasteiger partial charge in [0.25, 0.3) is 0 Å². The third kappa shape index (κ3) is 2.28. The van der Waals surface area contributed by atoms with E-state index in [-0.39, 0.29) is 0 Å². The standard InChI is InChI=1S/C17H12F2N4/c1-10-21-16(11-2-4-13(18)14(19)8-11)17(22-10)12-3-5-15-20-6-7-23(15)9-12/h2-9H,1H3,(H,21,22). The van der Waals surface area contributed by atoms with Gasteiger partial charge in [-0.3, -0.25) is 0 Å². The molecule has 0 saturated carbocycles. The molecule has 3 aromatic heterocycles. The van der Waals surface area contributed by atoms with E-state index in [0.717, 1.165) is 17.3 Å². The molecule has 0 spiro atoms. The number of hydrogen-bond acceptors (Lipinski definition) is 2. The van der Waals surface area contributed by atoms with Crippen LogP contribution in [0.5, 0.6) is 0 Å². The number of aryl methyl sites for hydroxylation is 1. The van der Waals surface area contributed by atoms with Gasteiger partial charge in [-0.05, 0) is 37.3 Å². The van der Waals surface area contributed by atoms with E-state index >= 15 is 0 Å². The van der Waals surface area contributed by atoms with Gasteiger partial charge in [-0.1, -0.05) is 0 Å². The van der Waals surface area contributed by atoms with Gasteiger partial charge in [-0.25, -0.2) is 18.7 Å². The lowest BCUT2D eigenvalue weighted by Crippen LogP contribution is -1.90. The second kappa shape index (κ2) is 5.01. The number of aromatic amines is 1. The van der Waals surface area contributed by atoms with Crippen LogP contribution in [0, 0.1) is 18.6 Å². The molecule has 114 valence electrons. The number of fused-ring (bicyclic) bond motifs is 1. The molecule has 6 heteroatoms. The van der Waals surface area contributed by atoms with Crippen molar-refractivity contribution in [1.29, 1.82) is 0 Å². The van der Waals surface area contributed by atoms with Crippen molar-refractivity contribution >= 4 is 5.65 Å². The molecule has 0 saturated heterocycles. The average Bonchev–Trinajstić information content (AvgIpc) is 3.15. The predicted molar refractivity (Wildman–Crippen MR) is 82.9 cm³/mol. The maximum Gasteiger partial charge on any atom is 0.159 e. The van der Waals surface area contributed by atoms with Crippen molar-refractivity contribution in [2.45, 2.75) is 6.92 Å². The van der Waals surface area contributed by atoms with Crippen LogP contribution in [0.1, 0.15) is 5.82 Å². The summed E-state index contributed by atoms with van der Waals surface area (Å²) in [6.07, 6.45) is 5.46. The van der Waals surface area contributed by atoms with E-state index < -0.39 is 11.6 Å². The first kappa shape index (κ1) is 13.6. The quantitative estimate of drug-likeness (QED) is 0.609. The van der Waals surface area contributed by atoms with Gasteiger partial charge in [-0.15, -0.1) is 0 Å². The first-order valence-electron chi connectivity index (χ1n) is 7.07. The fourth-order valence-electron chi connectivity index (χ4n) is 2.62. The van der Waals surface area contributed by atoms with Crippen molar-refractivity contribution < 1.29 is 8.78 Å². The van der Waals surface area contributed by atoms with Gasteiger partial charge in [0.1, 0.15) is 11.5 Å². The molecule has 0 aliphatic carbocycles. The van der Waals surface area contributed by atoms with E-state index in [4.69, 9.17) is 0 Å². The largest absolute Gasteiger partial charge is 0.342 e. The zero-order chi connectivity index (χ0) is 16.0. The normalized spacial score (nSPS) is 11.3. The Bertz CT molecular complexity index is 1020. The Labute approximate surface area is 130 Å². The summed E-state index contributed by atoms with van der Waals surface area (Å²) >= 11 is 0. The number of hydrogen-bond donors (Lipinski definition) is 1. The number of pyridine rings is 1. The Balaban J connectivity index is 1.90. The lowest BCUT2D eigenvalue weighted by atomic mass is 10.1. The molecule has 23 heavy (non-hydrogen) atoms. The molecular formula is C17H12F2N4. The van der Waals surface area contributed by atoms with Crippen LogP contribution < -0.4 is 0 Å². The zero-order valence-corrected chi connectivity index (χ0v) is 12.2. The fourth-order valence-corrected chi connectivity index (χ4v) is 2.62. The van der Waals surface area contributed by atoms with E-state index in [0.29, 0.717) is 22.8 Å². The molecule has 0 radical (unpaired) electrons. The summed E-state index contributed by atoms with van der Waals surface area (Å²) in [5.41, 5.74) is 3.57. The molecule has 4 rings (SSSR count). The molecule has 0 aliphatic heterocycles. The van der Waals surface area contributed by atoms with Crippen LogP contribution in [0.25, 0.3) is 28.2 Å². The highest BCUT2D eigenvalue weighted by atomic mass is 19.2. The average molecular weight is 310 g/mol. The number of imidazole rings is 2. The predicted octanol–water partition coefficient (Wildman–Crippen LogP) is 3.98. The minimum Gasteiger partial charge on any atom is -0.342 e. The SMILES string of the molecule is Cc1nc(-c2ccc3nccn3c2)c(-c2ccc(F)c(F)c2)[nH]1. The summed E-state index contributed by atoms with van der Waals surface area (Å²) in [4.78, 5) is 11.8. The second-order valence-electron chi connectivity index (χ2n) is 5.29. The smallest absolute Gasteiger partial charge is 0.159 e. The van der Waals surface area contributed by atoms with Crippen LogP contribution in [-0.2, 0) is 0 Å². The zero-order valence-electron chi connectivity index (χ0n) is 12.2. The van der Waals surface area contributed by atoms with Crippen LogP contribution in [0.3, 0.4) is 0 Å². The van der Waals surface area contributed by atoms with Gasteiger partial charge in [0.2, 0.25) is 0 Å². The third-order valence-electron chi connectivity index (χ3n) is 3.69. The topological polar surface area (TPSA) is 46.0 Å². The Hall–Kier alpha value is -3.02. The molecular weight excluding hydrogens is 298 g/mol. The van der Waals surface area contributed by atoms with E-state index in [1.807, 2.05) is 35.9 Å². The first-order chi connectivity index (χ1) is 11.1. The molecule has 0 aliphatic rings. The van der Waals surface area contributed by atoms with Crippen LogP contribution in [-0.4, -0.2) is 19.4 Å². The number of benzene rings is 1. The molecule has 4 aromatic rings. The maximum absolute atomic E-state index is 13.6. The fraction of sp³-hybridized carbons (Fsp3) is 0.0588. The highest BCUT2D eigenvalue weighted by molar-refractivity contribution is 5.78. The monoisotopic (exact) mass is 310 g/mol. The van der Waals surface area contributed by atoms with Gasteiger partial charge in [0, 0.05) is 29.7 Å².